The number of carbonyl (C=O) groups is 1. The molecule has 0 aliphatic rings. The third-order valence-corrected chi connectivity index (χ3v) is 5.19. The second-order valence-corrected chi connectivity index (χ2v) is 7.44. The van der Waals surface area contributed by atoms with E-state index in [1.54, 1.807) is 0 Å². The van der Waals surface area contributed by atoms with Crippen molar-refractivity contribution in [2.24, 2.45) is 0 Å². The number of benzene rings is 2. The quantitative estimate of drug-likeness (QED) is 0.385. The van der Waals surface area contributed by atoms with Crippen molar-refractivity contribution in [1.29, 1.82) is 0 Å². The number of hydrogen-bond donors (Lipinski definition) is 1. The van der Waals surface area contributed by atoms with E-state index in [4.69, 9.17) is 9.47 Å². The van der Waals surface area contributed by atoms with E-state index in [0.717, 1.165) is 45.1 Å². The topological polar surface area (TPSA) is 51.3 Å². The van der Waals surface area contributed by atoms with Gasteiger partial charge in [-0.05, 0) is 72.8 Å². The van der Waals surface area contributed by atoms with Gasteiger partial charge in [-0.25, -0.2) is 4.79 Å². The molecule has 0 amide bonds. The van der Waals surface area contributed by atoms with Gasteiger partial charge < -0.3 is 14.5 Å². The van der Waals surface area contributed by atoms with Crippen LogP contribution >= 0.6 is 15.9 Å². The third-order valence-electron chi connectivity index (χ3n) is 4.53. The summed E-state index contributed by atoms with van der Waals surface area (Å²) >= 11 is 3.55. The summed E-state index contributed by atoms with van der Waals surface area (Å²) in [5.41, 5.74) is 4.80. The molecule has 1 heterocycles. The molecule has 3 rings (SSSR count). The van der Waals surface area contributed by atoms with Crippen molar-refractivity contribution in [2.75, 3.05) is 13.2 Å². The lowest BCUT2D eigenvalue weighted by atomic mass is 10.1. The Bertz CT molecular complexity index is 962. The van der Waals surface area contributed by atoms with Crippen LogP contribution in [-0.2, 0) is 11.2 Å². The van der Waals surface area contributed by atoms with Gasteiger partial charge in [0.2, 0.25) is 0 Å². The van der Waals surface area contributed by atoms with Crippen molar-refractivity contribution in [3.63, 3.8) is 0 Å². The molecule has 0 atom stereocenters. The third kappa shape index (κ3) is 4.35. The number of nitrogens with one attached hydrogen (secondary N) is 1. The number of fused-ring (bicyclic) bond motifs is 1. The van der Waals surface area contributed by atoms with E-state index < -0.39 is 0 Å². The molecule has 0 fully saturated rings. The van der Waals surface area contributed by atoms with Crippen LogP contribution < -0.4 is 4.74 Å². The molecule has 0 aliphatic carbocycles. The van der Waals surface area contributed by atoms with Crippen molar-refractivity contribution in [1.82, 2.24) is 4.98 Å². The molecule has 2 aromatic carbocycles. The second-order valence-electron chi connectivity index (χ2n) is 6.58. The normalized spacial score (nSPS) is 11.0. The summed E-state index contributed by atoms with van der Waals surface area (Å²) in [5, 5.41) is 1.04. The first-order valence-corrected chi connectivity index (χ1v) is 9.96. The van der Waals surface area contributed by atoms with Crippen LogP contribution in [0.25, 0.3) is 10.9 Å². The van der Waals surface area contributed by atoms with Crippen LogP contribution in [0.1, 0.15) is 40.5 Å². The average molecular weight is 430 g/mol. The van der Waals surface area contributed by atoms with Crippen LogP contribution in [0.2, 0.25) is 0 Å². The van der Waals surface area contributed by atoms with Crippen LogP contribution in [0.15, 0.2) is 40.9 Å². The number of aryl methyl sites for hydroxylation is 3. The maximum absolute atomic E-state index is 12.4. The molecule has 27 heavy (non-hydrogen) atoms. The minimum atomic E-state index is -0.314. The van der Waals surface area contributed by atoms with E-state index in [9.17, 15) is 4.79 Å². The number of aromatic nitrogens is 1. The lowest BCUT2D eigenvalue weighted by Crippen LogP contribution is -2.09. The van der Waals surface area contributed by atoms with Crippen LogP contribution in [0.4, 0.5) is 0 Å². The minimum Gasteiger partial charge on any atom is -0.493 e. The van der Waals surface area contributed by atoms with Crippen molar-refractivity contribution in [3.05, 3.63) is 63.3 Å². The molecule has 0 radical (unpaired) electrons. The fourth-order valence-corrected chi connectivity index (χ4v) is 3.73. The number of ether oxygens (including phenoxy) is 2. The lowest BCUT2D eigenvalue weighted by Gasteiger charge is -2.10. The summed E-state index contributed by atoms with van der Waals surface area (Å²) in [6.07, 6.45) is 1.54. The summed E-state index contributed by atoms with van der Waals surface area (Å²) in [7, 11) is 0. The molecule has 5 heteroatoms. The summed E-state index contributed by atoms with van der Waals surface area (Å²) in [6.45, 7) is 6.88. The van der Waals surface area contributed by atoms with E-state index in [2.05, 4.69) is 46.9 Å². The number of aromatic amines is 1. The second kappa shape index (κ2) is 8.61. The van der Waals surface area contributed by atoms with Gasteiger partial charge >= 0.3 is 5.97 Å². The SMILES string of the molecule is CCOC(=O)c1[nH]c2c(Br)cccc2c1CCCOc1ccc(C)cc1C. The first-order valence-electron chi connectivity index (χ1n) is 9.17. The highest BCUT2D eigenvalue weighted by molar-refractivity contribution is 9.10. The van der Waals surface area contributed by atoms with Gasteiger partial charge in [0.25, 0.3) is 0 Å². The fourth-order valence-electron chi connectivity index (χ4n) is 3.27. The predicted molar refractivity (Wildman–Crippen MR) is 112 cm³/mol. The van der Waals surface area contributed by atoms with Gasteiger partial charge in [0, 0.05) is 9.86 Å². The molecule has 1 aromatic heterocycles. The van der Waals surface area contributed by atoms with Crippen LogP contribution in [-0.4, -0.2) is 24.2 Å². The van der Waals surface area contributed by atoms with Gasteiger partial charge in [-0.3, -0.25) is 0 Å². The van der Waals surface area contributed by atoms with Gasteiger partial charge in [0.1, 0.15) is 11.4 Å². The van der Waals surface area contributed by atoms with Crippen molar-refractivity contribution in [2.45, 2.75) is 33.6 Å². The number of halogens is 1. The zero-order valence-electron chi connectivity index (χ0n) is 15.9. The highest BCUT2D eigenvalue weighted by Crippen LogP contribution is 2.30. The Labute approximate surface area is 168 Å². The molecule has 142 valence electrons. The zero-order valence-corrected chi connectivity index (χ0v) is 17.5. The smallest absolute Gasteiger partial charge is 0.355 e. The number of carbonyl (C=O) groups excluding carboxylic acids is 1. The Morgan fingerprint density at radius 3 is 2.74 bits per heavy atom. The first-order chi connectivity index (χ1) is 13.0. The molecule has 0 saturated carbocycles. The van der Waals surface area contributed by atoms with Crippen molar-refractivity contribution >= 4 is 32.8 Å². The Kier molecular flexibility index (Phi) is 6.22. The maximum Gasteiger partial charge on any atom is 0.355 e. The predicted octanol–water partition coefficient (Wildman–Crippen LogP) is 5.74. The highest BCUT2D eigenvalue weighted by atomic mass is 79.9. The number of rotatable bonds is 7. The molecule has 0 spiro atoms. The van der Waals surface area contributed by atoms with Gasteiger partial charge in [-0.2, -0.15) is 0 Å². The minimum absolute atomic E-state index is 0.314. The Hall–Kier alpha value is -2.27. The summed E-state index contributed by atoms with van der Waals surface area (Å²) in [6, 6.07) is 12.1. The largest absolute Gasteiger partial charge is 0.493 e. The molecular formula is C22H24BrNO3. The molecule has 0 saturated heterocycles. The van der Waals surface area contributed by atoms with E-state index in [-0.39, 0.29) is 5.97 Å². The number of hydrogen-bond acceptors (Lipinski definition) is 3. The monoisotopic (exact) mass is 429 g/mol. The van der Waals surface area contributed by atoms with E-state index >= 15 is 0 Å². The van der Waals surface area contributed by atoms with Gasteiger partial charge in [-0.15, -0.1) is 0 Å². The van der Waals surface area contributed by atoms with Crippen LogP contribution in [0.5, 0.6) is 5.75 Å². The summed E-state index contributed by atoms with van der Waals surface area (Å²) < 4.78 is 12.1. The summed E-state index contributed by atoms with van der Waals surface area (Å²) in [4.78, 5) is 15.6. The first kappa shape index (κ1) is 19.5. The van der Waals surface area contributed by atoms with Gasteiger partial charge in [0.15, 0.2) is 0 Å². The number of para-hydroxylation sites is 1. The standard InChI is InChI=1S/C22H24BrNO3/c1-4-26-22(25)21-17(16-7-5-9-18(23)20(16)24-21)8-6-12-27-19-11-10-14(2)13-15(19)3/h5,7,9-11,13,24H,4,6,8,12H2,1-3H3. The van der Waals surface area contributed by atoms with Crippen LogP contribution in [0.3, 0.4) is 0 Å². The lowest BCUT2D eigenvalue weighted by molar-refractivity contribution is 0.0519. The van der Waals surface area contributed by atoms with E-state index in [1.165, 1.54) is 5.56 Å². The molecule has 4 nitrogen and oxygen atoms in total. The zero-order chi connectivity index (χ0) is 19.4. The fraction of sp³-hybridized carbons (Fsp3) is 0.318. The van der Waals surface area contributed by atoms with Crippen LogP contribution in [0, 0.1) is 13.8 Å². The highest BCUT2D eigenvalue weighted by Gasteiger charge is 2.19. The maximum atomic E-state index is 12.4. The van der Waals surface area contributed by atoms with E-state index in [1.807, 2.05) is 31.2 Å². The van der Waals surface area contributed by atoms with E-state index in [0.29, 0.717) is 18.9 Å². The number of esters is 1. The molecule has 3 aromatic rings. The van der Waals surface area contributed by atoms with Gasteiger partial charge in [0.05, 0.1) is 18.7 Å². The Morgan fingerprint density at radius 2 is 2.00 bits per heavy atom. The molecule has 0 aliphatic heterocycles. The van der Waals surface area contributed by atoms with Gasteiger partial charge in [-0.1, -0.05) is 29.8 Å². The van der Waals surface area contributed by atoms with Crippen molar-refractivity contribution in [3.8, 4) is 5.75 Å². The van der Waals surface area contributed by atoms with Crippen molar-refractivity contribution < 1.29 is 14.3 Å². The molecule has 0 unspecified atom stereocenters. The molecule has 0 bridgehead atoms. The Morgan fingerprint density at radius 1 is 1.19 bits per heavy atom. The summed E-state index contributed by atoms with van der Waals surface area (Å²) in [5.74, 6) is 0.596. The average Bonchev–Trinajstić information content (AvgIpc) is 3.01. The number of H-pyrrole nitrogens is 1. The molecule has 1 N–H and O–H groups in total. The Balaban J connectivity index is 1.76. The molecular weight excluding hydrogens is 406 g/mol.